The molecular formula is C9H16N4OS. The van der Waals surface area contributed by atoms with E-state index in [0.717, 1.165) is 5.69 Å². The Morgan fingerprint density at radius 3 is 2.80 bits per heavy atom. The number of carbonyl (C=O) groups excluding carboxylic acids is 1. The van der Waals surface area contributed by atoms with Gasteiger partial charge in [0.1, 0.15) is 0 Å². The van der Waals surface area contributed by atoms with Crippen LogP contribution in [0.4, 0.5) is 9.93 Å². The summed E-state index contributed by atoms with van der Waals surface area (Å²) >= 11 is 1.43. The number of nitrogens with zero attached hydrogens (tertiary/aromatic N) is 2. The first-order valence-corrected chi connectivity index (χ1v) is 5.53. The maximum absolute atomic E-state index is 11.3. The van der Waals surface area contributed by atoms with E-state index in [1.165, 1.54) is 16.2 Å². The number of thiazole rings is 1. The highest BCUT2D eigenvalue weighted by Crippen LogP contribution is 2.20. The summed E-state index contributed by atoms with van der Waals surface area (Å²) in [5, 5.41) is 8.37. The van der Waals surface area contributed by atoms with Crippen LogP contribution in [0.5, 0.6) is 0 Å². The molecule has 0 aliphatic rings. The topological polar surface area (TPSA) is 57.3 Å². The average molecular weight is 228 g/mol. The van der Waals surface area contributed by atoms with Gasteiger partial charge in [0.25, 0.3) is 0 Å². The Morgan fingerprint density at radius 1 is 1.60 bits per heavy atom. The van der Waals surface area contributed by atoms with Gasteiger partial charge in [-0.1, -0.05) is 0 Å². The smallest absolute Gasteiger partial charge is 0.323 e. The van der Waals surface area contributed by atoms with Gasteiger partial charge in [0.15, 0.2) is 5.13 Å². The molecule has 15 heavy (non-hydrogen) atoms. The predicted octanol–water partition coefficient (Wildman–Crippen LogP) is 1.52. The van der Waals surface area contributed by atoms with E-state index < -0.39 is 0 Å². The van der Waals surface area contributed by atoms with Crippen molar-refractivity contribution in [1.29, 1.82) is 0 Å². The van der Waals surface area contributed by atoms with Crippen LogP contribution >= 0.6 is 11.3 Å². The molecule has 1 heterocycles. The number of amides is 2. The van der Waals surface area contributed by atoms with E-state index in [-0.39, 0.29) is 12.1 Å². The summed E-state index contributed by atoms with van der Waals surface area (Å²) in [5.41, 5.74) is 0.941. The van der Waals surface area contributed by atoms with Crippen LogP contribution in [0.2, 0.25) is 0 Å². The molecule has 0 aromatic carbocycles. The summed E-state index contributed by atoms with van der Waals surface area (Å²) in [6.07, 6.45) is 0. The summed E-state index contributed by atoms with van der Waals surface area (Å²) in [7, 11) is 5.27. The molecule has 0 aliphatic carbocycles. The van der Waals surface area contributed by atoms with Crippen molar-refractivity contribution in [2.24, 2.45) is 0 Å². The van der Waals surface area contributed by atoms with Gasteiger partial charge < -0.3 is 10.2 Å². The molecule has 2 N–H and O–H groups in total. The Hall–Kier alpha value is -1.14. The van der Waals surface area contributed by atoms with Gasteiger partial charge in [0.2, 0.25) is 0 Å². The molecule has 1 aromatic heterocycles. The zero-order valence-electron chi connectivity index (χ0n) is 9.37. The Kier molecular flexibility index (Phi) is 4.05. The number of urea groups is 1. The number of aromatic nitrogens is 1. The molecule has 6 heteroatoms. The number of rotatable bonds is 3. The molecular weight excluding hydrogens is 212 g/mol. The van der Waals surface area contributed by atoms with Gasteiger partial charge in [-0.25, -0.2) is 9.78 Å². The molecule has 84 valence electrons. The highest BCUT2D eigenvalue weighted by Gasteiger charge is 2.10. The second-order valence-electron chi connectivity index (χ2n) is 3.41. The fraction of sp³-hybridized carbons (Fsp3) is 0.556. The molecule has 0 aliphatic heterocycles. The molecule has 1 aromatic rings. The van der Waals surface area contributed by atoms with Gasteiger partial charge in [0.05, 0.1) is 5.69 Å². The molecule has 5 nitrogen and oxygen atoms in total. The van der Waals surface area contributed by atoms with E-state index in [1.807, 2.05) is 19.4 Å². The summed E-state index contributed by atoms with van der Waals surface area (Å²) in [6.45, 7) is 2.02. The van der Waals surface area contributed by atoms with Crippen LogP contribution in [0.3, 0.4) is 0 Å². The van der Waals surface area contributed by atoms with E-state index in [9.17, 15) is 4.79 Å². The van der Waals surface area contributed by atoms with Gasteiger partial charge in [-0.3, -0.25) is 5.32 Å². The Balaban J connectivity index is 2.64. The minimum Gasteiger partial charge on any atom is -0.331 e. The first kappa shape index (κ1) is 11.9. The lowest BCUT2D eigenvalue weighted by atomic mass is 10.3. The molecule has 0 bridgehead atoms. The summed E-state index contributed by atoms with van der Waals surface area (Å²) in [6, 6.07) is 0.0410. The van der Waals surface area contributed by atoms with Crippen molar-refractivity contribution in [3.05, 3.63) is 11.1 Å². The lowest BCUT2D eigenvalue weighted by Gasteiger charge is -2.09. The van der Waals surface area contributed by atoms with E-state index in [0.29, 0.717) is 5.13 Å². The van der Waals surface area contributed by atoms with Crippen molar-refractivity contribution in [2.45, 2.75) is 13.0 Å². The first-order chi connectivity index (χ1) is 7.04. The lowest BCUT2D eigenvalue weighted by molar-refractivity contribution is 0.230. The van der Waals surface area contributed by atoms with Gasteiger partial charge in [-0.05, 0) is 14.0 Å². The fourth-order valence-electron chi connectivity index (χ4n) is 0.894. The quantitative estimate of drug-likeness (QED) is 0.824. The number of nitrogens with one attached hydrogen (secondary N) is 2. The highest BCUT2D eigenvalue weighted by atomic mass is 32.1. The Labute approximate surface area is 93.5 Å². The van der Waals surface area contributed by atoms with Gasteiger partial charge in [-0.2, -0.15) is 0 Å². The summed E-state index contributed by atoms with van der Waals surface area (Å²) in [4.78, 5) is 17.1. The van der Waals surface area contributed by atoms with Crippen LogP contribution in [-0.2, 0) is 0 Å². The van der Waals surface area contributed by atoms with E-state index in [4.69, 9.17) is 0 Å². The zero-order valence-corrected chi connectivity index (χ0v) is 10.2. The second-order valence-corrected chi connectivity index (χ2v) is 4.27. The Morgan fingerprint density at radius 2 is 2.27 bits per heavy atom. The molecule has 2 amide bonds. The normalized spacial score (nSPS) is 12.3. The monoisotopic (exact) mass is 228 g/mol. The first-order valence-electron chi connectivity index (χ1n) is 4.65. The maximum Gasteiger partial charge on any atom is 0.323 e. The fourth-order valence-corrected chi connectivity index (χ4v) is 1.69. The minimum absolute atomic E-state index is 0.159. The van der Waals surface area contributed by atoms with Gasteiger partial charge >= 0.3 is 6.03 Å². The van der Waals surface area contributed by atoms with Crippen LogP contribution in [0, 0.1) is 0 Å². The SMILES string of the molecule is CNC(C)c1csc(NC(=O)N(C)C)n1. The van der Waals surface area contributed by atoms with Crippen molar-refractivity contribution in [1.82, 2.24) is 15.2 Å². The third-order valence-electron chi connectivity index (χ3n) is 2.02. The molecule has 0 radical (unpaired) electrons. The van der Waals surface area contributed by atoms with E-state index in [2.05, 4.69) is 15.6 Å². The number of carbonyl (C=O) groups is 1. The Bertz CT molecular complexity index is 337. The van der Waals surface area contributed by atoms with Crippen molar-refractivity contribution in [2.75, 3.05) is 26.5 Å². The van der Waals surface area contributed by atoms with Crippen molar-refractivity contribution >= 4 is 22.5 Å². The molecule has 1 atom stereocenters. The maximum atomic E-state index is 11.3. The molecule has 0 spiro atoms. The molecule has 0 saturated carbocycles. The zero-order chi connectivity index (χ0) is 11.4. The third-order valence-corrected chi connectivity index (χ3v) is 2.79. The molecule has 0 saturated heterocycles. The number of hydrogen-bond donors (Lipinski definition) is 2. The summed E-state index contributed by atoms with van der Waals surface area (Å²) in [5.74, 6) is 0. The van der Waals surface area contributed by atoms with E-state index in [1.54, 1.807) is 14.1 Å². The highest BCUT2D eigenvalue weighted by molar-refractivity contribution is 7.13. The third kappa shape index (κ3) is 3.17. The van der Waals surface area contributed by atoms with E-state index >= 15 is 0 Å². The van der Waals surface area contributed by atoms with Crippen LogP contribution < -0.4 is 10.6 Å². The van der Waals surface area contributed by atoms with Crippen LogP contribution in [0.1, 0.15) is 18.7 Å². The average Bonchev–Trinajstić information content (AvgIpc) is 2.65. The van der Waals surface area contributed by atoms with Crippen LogP contribution in [0.25, 0.3) is 0 Å². The van der Waals surface area contributed by atoms with Gasteiger partial charge in [0, 0.05) is 25.5 Å². The van der Waals surface area contributed by atoms with Crippen molar-refractivity contribution < 1.29 is 4.79 Å². The van der Waals surface area contributed by atoms with Crippen LogP contribution in [-0.4, -0.2) is 37.1 Å². The molecule has 0 fully saturated rings. The summed E-state index contributed by atoms with van der Waals surface area (Å²) < 4.78 is 0. The largest absolute Gasteiger partial charge is 0.331 e. The standard InChI is InChI=1S/C9H16N4OS/c1-6(10-2)7-5-15-8(11-7)12-9(14)13(3)4/h5-6,10H,1-4H3,(H,11,12,14). The molecule has 1 unspecified atom stereocenters. The molecule has 1 rings (SSSR count). The van der Waals surface area contributed by atoms with Crippen molar-refractivity contribution in [3.63, 3.8) is 0 Å². The van der Waals surface area contributed by atoms with Gasteiger partial charge in [-0.15, -0.1) is 11.3 Å². The van der Waals surface area contributed by atoms with Crippen LogP contribution in [0.15, 0.2) is 5.38 Å². The second kappa shape index (κ2) is 5.09. The van der Waals surface area contributed by atoms with Crippen molar-refractivity contribution in [3.8, 4) is 0 Å². The number of anilines is 1. The predicted molar refractivity (Wildman–Crippen MR) is 62.3 cm³/mol. The minimum atomic E-state index is -0.159. The lowest BCUT2D eigenvalue weighted by Crippen LogP contribution is -2.27. The number of hydrogen-bond acceptors (Lipinski definition) is 4.